The molecule has 19 heavy (non-hydrogen) atoms. The Morgan fingerprint density at radius 3 is 2.79 bits per heavy atom. The van der Waals surface area contributed by atoms with Crippen molar-refractivity contribution < 1.29 is 9.90 Å². The van der Waals surface area contributed by atoms with E-state index >= 15 is 0 Å². The van der Waals surface area contributed by atoms with Gasteiger partial charge in [-0.2, -0.15) is 0 Å². The quantitative estimate of drug-likeness (QED) is 0.933. The number of fused-ring (bicyclic) bond motifs is 1. The molecule has 2 aromatic heterocycles. The van der Waals surface area contributed by atoms with Gasteiger partial charge in [0.2, 0.25) is 0 Å². The Hall–Kier alpha value is -1.63. The minimum absolute atomic E-state index is 0.0313. The number of rotatable bonds is 4. The Bertz CT molecular complexity index is 623. The topological polar surface area (TPSA) is 70.7 Å². The van der Waals surface area contributed by atoms with Gasteiger partial charge in [-0.25, -0.2) is 14.3 Å². The molecule has 0 aliphatic heterocycles. The first-order chi connectivity index (χ1) is 8.90. The van der Waals surface area contributed by atoms with E-state index in [1.807, 2.05) is 18.0 Å². The van der Waals surface area contributed by atoms with E-state index in [0.717, 1.165) is 12.4 Å². The molecular weight excluding hydrogens is 312 g/mol. The van der Waals surface area contributed by atoms with Gasteiger partial charge in [0, 0.05) is 13.6 Å². The largest absolute Gasteiger partial charge is 0.476 e. The molecule has 6 nitrogen and oxygen atoms in total. The van der Waals surface area contributed by atoms with E-state index in [0.29, 0.717) is 16.2 Å². The lowest BCUT2D eigenvalue weighted by Gasteiger charge is -2.20. The number of halogens is 1. The van der Waals surface area contributed by atoms with Gasteiger partial charge in [-0.05, 0) is 34.0 Å². The molecule has 0 bridgehead atoms. The first kappa shape index (κ1) is 13.8. The van der Waals surface area contributed by atoms with Crippen molar-refractivity contribution in [3.63, 3.8) is 0 Å². The molecule has 0 spiro atoms. The zero-order valence-corrected chi connectivity index (χ0v) is 12.5. The van der Waals surface area contributed by atoms with Gasteiger partial charge in [0.1, 0.15) is 10.4 Å². The van der Waals surface area contributed by atoms with E-state index in [1.165, 1.54) is 4.52 Å². The number of carbonyl (C=O) groups is 1. The summed E-state index contributed by atoms with van der Waals surface area (Å²) in [6.07, 6.45) is 0. The van der Waals surface area contributed by atoms with Crippen LogP contribution in [0.25, 0.3) is 5.65 Å². The van der Waals surface area contributed by atoms with E-state index in [1.54, 1.807) is 6.07 Å². The Morgan fingerprint density at radius 1 is 1.53 bits per heavy atom. The van der Waals surface area contributed by atoms with Crippen molar-refractivity contribution in [2.75, 3.05) is 18.5 Å². The maximum atomic E-state index is 11.0. The Kier molecular flexibility index (Phi) is 3.75. The third kappa shape index (κ3) is 2.70. The molecule has 0 unspecified atom stereocenters. The predicted octanol–water partition coefficient (Wildman–Crippen LogP) is 2.28. The molecule has 1 N–H and O–H groups in total. The lowest BCUT2D eigenvalue weighted by molar-refractivity contribution is 0.0690. The summed E-state index contributed by atoms with van der Waals surface area (Å²) in [5.74, 6) is 0.217. The van der Waals surface area contributed by atoms with E-state index in [4.69, 9.17) is 5.11 Å². The Morgan fingerprint density at radius 2 is 2.21 bits per heavy atom. The fourth-order valence-corrected chi connectivity index (χ4v) is 2.40. The summed E-state index contributed by atoms with van der Waals surface area (Å²) in [7, 11) is 1.96. The highest BCUT2D eigenvalue weighted by Gasteiger charge is 2.17. The molecule has 0 radical (unpaired) electrons. The monoisotopic (exact) mass is 326 g/mol. The number of aromatic nitrogens is 3. The fraction of sp³-hybridized carbons (Fsp3) is 0.417. The van der Waals surface area contributed by atoms with Crippen molar-refractivity contribution in [1.82, 2.24) is 14.6 Å². The predicted molar refractivity (Wildman–Crippen MR) is 75.8 cm³/mol. The first-order valence-electron chi connectivity index (χ1n) is 5.90. The van der Waals surface area contributed by atoms with Crippen LogP contribution in [-0.4, -0.2) is 39.3 Å². The standard InChI is InChI=1S/C12H15BrN4O2/c1-7(2)6-16(3)9-5-4-8-14-10(12(18)19)11(13)17(8)15-9/h4-5,7H,6H2,1-3H3,(H,18,19). The second-order valence-corrected chi connectivity index (χ2v) is 5.54. The lowest BCUT2D eigenvalue weighted by atomic mass is 10.2. The molecule has 102 valence electrons. The fourth-order valence-electron chi connectivity index (χ4n) is 1.88. The molecule has 2 heterocycles. The minimum Gasteiger partial charge on any atom is -0.476 e. The van der Waals surface area contributed by atoms with Crippen LogP contribution in [0.3, 0.4) is 0 Å². The summed E-state index contributed by atoms with van der Waals surface area (Å²) >= 11 is 3.23. The van der Waals surface area contributed by atoms with Crippen LogP contribution in [0.2, 0.25) is 0 Å². The molecule has 0 atom stereocenters. The van der Waals surface area contributed by atoms with Crippen LogP contribution < -0.4 is 4.90 Å². The number of aromatic carboxylic acids is 1. The second-order valence-electron chi connectivity index (χ2n) is 4.79. The van der Waals surface area contributed by atoms with Gasteiger partial charge in [0.15, 0.2) is 11.3 Å². The van der Waals surface area contributed by atoms with Gasteiger partial charge in [-0.3, -0.25) is 0 Å². The van der Waals surface area contributed by atoms with Crippen LogP contribution in [0.15, 0.2) is 16.7 Å². The third-order valence-electron chi connectivity index (χ3n) is 2.64. The van der Waals surface area contributed by atoms with Crippen molar-refractivity contribution in [2.24, 2.45) is 5.92 Å². The Labute approximate surface area is 119 Å². The Balaban J connectivity index is 2.45. The van der Waals surface area contributed by atoms with Gasteiger partial charge >= 0.3 is 5.97 Å². The summed E-state index contributed by atoms with van der Waals surface area (Å²) in [5, 5.41) is 13.4. The maximum absolute atomic E-state index is 11.0. The molecule has 7 heteroatoms. The summed E-state index contributed by atoms with van der Waals surface area (Å²) in [4.78, 5) is 17.0. The third-order valence-corrected chi connectivity index (χ3v) is 3.35. The van der Waals surface area contributed by atoms with Crippen molar-refractivity contribution in [1.29, 1.82) is 0 Å². The van der Waals surface area contributed by atoms with Gasteiger partial charge in [-0.1, -0.05) is 13.8 Å². The van der Waals surface area contributed by atoms with Crippen LogP contribution >= 0.6 is 15.9 Å². The lowest BCUT2D eigenvalue weighted by Crippen LogP contribution is -2.24. The molecule has 0 amide bonds. The van der Waals surface area contributed by atoms with E-state index < -0.39 is 5.97 Å². The van der Waals surface area contributed by atoms with E-state index in [2.05, 4.69) is 39.9 Å². The molecule has 0 saturated heterocycles. The number of anilines is 1. The van der Waals surface area contributed by atoms with E-state index in [9.17, 15) is 4.79 Å². The number of carboxylic acids is 1. The number of nitrogens with zero attached hydrogens (tertiary/aromatic N) is 4. The molecular formula is C12H15BrN4O2. The highest BCUT2D eigenvalue weighted by Crippen LogP contribution is 2.20. The smallest absolute Gasteiger partial charge is 0.357 e. The highest BCUT2D eigenvalue weighted by atomic mass is 79.9. The molecule has 0 aromatic carbocycles. The van der Waals surface area contributed by atoms with Crippen LogP contribution in [-0.2, 0) is 0 Å². The number of carboxylic acid groups (broad SMARTS) is 1. The number of hydrogen-bond acceptors (Lipinski definition) is 4. The van der Waals surface area contributed by atoms with Gasteiger partial charge in [0.25, 0.3) is 0 Å². The van der Waals surface area contributed by atoms with Crippen LogP contribution in [0.1, 0.15) is 24.3 Å². The second kappa shape index (κ2) is 5.16. The van der Waals surface area contributed by atoms with Crippen LogP contribution in [0.5, 0.6) is 0 Å². The average molecular weight is 327 g/mol. The van der Waals surface area contributed by atoms with Crippen molar-refractivity contribution in [3.05, 3.63) is 22.4 Å². The summed E-state index contributed by atoms with van der Waals surface area (Å²) in [6, 6.07) is 3.60. The van der Waals surface area contributed by atoms with Gasteiger partial charge in [-0.15, -0.1) is 5.10 Å². The van der Waals surface area contributed by atoms with Crippen molar-refractivity contribution in [3.8, 4) is 0 Å². The first-order valence-corrected chi connectivity index (χ1v) is 6.69. The number of imidazole rings is 1. The van der Waals surface area contributed by atoms with Crippen LogP contribution in [0.4, 0.5) is 5.82 Å². The molecule has 2 aromatic rings. The molecule has 0 saturated carbocycles. The van der Waals surface area contributed by atoms with Crippen molar-refractivity contribution in [2.45, 2.75) is 13.8 Å². The van der Waals surface area contributed by atoms with Crippen LogP contribution in [0, 0.1) is 5.92 Å². The maximum Gasteiger partial charge on any atom is 0.357 e. The molecule has 0 aliphatic rings. The van der Waals surface area contributed by atoms with E-state index in [-0.39, 0.29) is 5.69 Å². The zero-order valence-electron chi connectivity index (χ0n) is 11.0. The SMILES string of the molecule is CC(C)CN(C)c1ccc2nc(C(=O)O)c(Br)n2n1. The normalized spacial score (nSPS) is 11.2. The minimum atomic E-state index is -1.07. The molecule has 2 rings (SSSR count). The van der Waals surface area contributed by atoms with Crippen molar-refractivity contribution >= 4 is 33.4 Å². The number of hydrogen-bond donors (Lipinski definition) is 1. The van der Waals surface area contributed by atoms with Gasteiger partial charge < -0.3 is 10.0 Å². The van der Waals surface area contributed by atoms with Gasteiger partial charge in [0.05, 0.1) is 0 Å². The summed E-state index contributed by atoms with van der Waals surface area (Å²) < 4.78 is 1.85. The summed E-state index contributed by atoms with van der Waals surface area (Å²) in [6.45, 7) is 5.13. The summed E-state index contributed by atoms with van der Waals surface area (Å²) in [5.41, 5.74) is 0.474. The highest BCUT2D eigenvalue weighted by molar-refractivity contribution is 9.10. The molecule has 0 fully saturated rings. The average Bonchev–Trinajstić information content (AvgIpc) is 2.65. The zero-order chi connectivity index (χ0) is 14.2. The molecule has 0 aliphatic carbocycles.